The van der Waals surface area contributed by atoms with Crippen molar-refractivity contribution in [3.8, 4) is 0 Å². The summed E-state index contributed by atoms with van der Waals surface area (Å²) >= 11 is 0. The van der Waals surface area contributed by atoms with Gasteiger partial charge in [-0.05, 0) is 27.2 Å². The number of carboxylic acids is 1. The number of hydrogen-bond donors (Lipinski definition) is 3. The molecule has 8 nitrogen and oxygen atoms in total. The minimum Gasteiger partial charge on any atom is -0.481 e. The number of carbonyl (C=O) groups excluding carboxylic acids is 3. The van der Waals surface area contributed by atoms with Crippen LogP contribution in [-0.2, 0) is 14.4 Å². The van der Waals surface area contributed by atoms with E-state index in [1.807, 2.05) is 13.8 Å². The van der Waals surface area contributed by atoms with Crippen molar-refractivity contribution >= 4 is 23.8 Å². The van der Waals surface area contributed by atoms with Crippen LogP contribution >= 0.6 is 0 Å². The SMILES string of the molecule is CCN(CC)C(=O)C(C)NC(=O)NC(=O)CCCC(=O)O. The van der Waals surface area contributed by atoms with Crippen molar-refractivity contribution in [3.63, 3.8) is 0 Å². The summed E-state index contributed by atoms with van der Waals surface area (Å²) in [5.41, 5.74) is 0. The number of likely N-dealkylation sites (N-methyl/N-ethyl adjacent to an activating group) is 1. The molecule has 21 heavy (non-hydrogen) atoms. The van der Waals surface area contributed by atoms with Gasteiger partial charge in [-0.25, -0.2) is 4.79 Å². The average Bonchev–Trinajstić information content (AvgIpc) is 2.38. The van der Waals surface area contributed by atoms with Crippen molar-refractivity contribution in [1.29, 1.82) is 0 Å². The molecule has 4 amide bonds. The molecule has 0 aromatic rings. The van der Waals surface area contributed by atoms with E-state index < -0.39 is 23.9 Å². The first-order valence-corrected chi connectivity index (χ1v) is 6.92. The molecule has 3 N–H and O–H groups in total. The van der Waals surface area contributed by atoms with Crippen LogP contribution in [0.25, 0.3) is 0 Å². The molecule has 0 bridgehead atoms. The molecule has 8 heteroatoms. The predicted octanol–water partition coefficient (Wildman–Crippen LogP) is 0.324. The number of hydrogen-bond acceptors (Lipinski definition) is 4. The Morgan fingerprint density at radius 3 is 2.14 bits per heavy atom. The van der Waals surface area contributed by atoms with Crippen LogP contribution in [0.2, 0.25) is 0 Å². The van der Waals surface area contributed by atoms with E-state index in [-0.39, 0.29) is 25.2 Å². The molecule has 0 heterocycles. The average molecular weight is 301 g/mol. The Hall–Kier alpha value is -2.12. The van der Waals surface area contributed by atoms with Gasteiger partial charge in [-0.2, -0.15) is 0 Å². The molecular formula is C13H23N3O5. The van der Waals surface area contributed by atoms with Crippen molar-refractivity contribution in [2.45, 2.75) is 46.1 Å². The van der Waals surface area contributed by atoms with Crippen molar-refractivity contribution in [2.75, 3.05) is 13.1 Å². The smallest absolute Gasteiger partial charge is 0.322 e. The van der Waals surface area contributed by atoms with Crippen LogP contribution in [0.15, 0.2) is 0 Å². The number of carbonyl (C=O) groups is 4. The largest absolute Gasteiger partial charge is 0.481 e. The van der Waals surface area contributed by atoms with Crippen LogP contribution in [-0.4, -0.2) is 53.0 Å². The van der Waals surface area contributed by atoms with Crippen molar-refractivity contribution < 1.29 is 24.3 Å². The lowest BCUT2D eigenvalue weighted by Gasteiger charge is -2.23. The lowest BCUT2D eigenvalue weighted by Crippen LogP contribution is -2.50. The summed E-state index contributed by atoms with van der Waals surface area (Å²) in [5.74, 6) is -1.80. The van der Waals surface area contributed by atoms with E-state index >= 15 is 0 Å². The standard InChI is InChI=1S/C13H23N3O5/c1-4-16(5-2)12(20)9(3)14-13(21)15-10(17)7-6-8-11(18)19/h9H,4-8H2,1-3H3,(H,18,19)(H2,14,15,17,21). The van der Waals surface area contributed by atoms with Crippen LogP contribution in [0.5, 0.6) is 0 Å². The fraction of sp³-hybridized carbons (Fsp3) is 0.692. The molecular weight excluding hydrogens is 278 g/mol. The molecule has 0 aliphatic rings. The molecule has 0 spiro atoms. The van der Waals surface area contributed by atoms with E-state index in [2.05, 4.69) is 10.6 Å². The first-order valence-electron chi connectivity index (χ1n) is 6.92. The highest BCUT2D eigenvalue weighted by molar-refractivity contribution is 5.96. The second kappa shape index (κ2) is 9.73. The van der Waals surface area contributed by atoms with Gasteiger partial charge in [0, 0.05) is 25.9 Å². The number of aliphatic carboxylic acids is 1. The molecule has 0 fully saturated rings. The lowest BCUT2D eigenvalue weighted by atomic mass is 10.2. The maximum atomic E-state index is 11.9. The summed E-state index contributed by atoms with van der Waals surface area (Å²) in [5, 5.41) is 12.9. The highest BCUT2D eigenvalue weighted by atomic mass is 16.4. The molecule has 0 aromatic carbocycles. The number of nitrogens with one attached hydrogen (secondary N) is 2. The fourth-order valence-corrected chi connectivity index (χ4v) is 1.69. The summed E-state index contributed by atoms with van der Waals surface area (Å²) in [6.45, 7) is 6.28. The zero-order valence-electron chi connectivity index (χ0n) is 12.6. The zero-order valence-corrected chi connectivity index (χ0v) is 12.6. The minimum absolute atomic E-state index is 0.0574. The molecule has 0 saturated carbocycles. The van der Waals surface area contributed by atoms with Gasteiger partial charge in [0.25, 0.3) is 0 Å². The molecule has 0 rings (SSSR count). The van der Waals surface area contributed by atoms with Gasteiger partial charge in [0.15, 0.2) is 0 Å². The van der Waals surface area contributed by atoms with Crippen molar-refractivity contribution in [1.82, 2.24) is 15.5 Å². The van der Waals surface area contributed by atoms with Gasteiger partial charge >= 0.3 is 12.0 Å². The second-order valence-corrected chi connectivity index (χ2v) is 4.50. The summed E-state index contributed by atoms with van der Waals surface area (Å²) in [6.07, 6.45) is -0.0354. The van der Waals surface area contributed by atoms with Gasteiger partial charge in [0.1, 0.15) is 6.04 Å². The third-order valence-electron chi connectivity index (χ3n) is 2.84. The number of rotatable bonds is 8. The Balaban J connectivity index is 4.15. The number of nitrogens with zero attached hydrogens (tertiary/aromatic N) is 1. The molecule has 1 atom stereocenters. The molecule has 0 aromatic heterocycles. The van der Waals surface area contributed by atoms with Gasteiger partial charge in [-0.3, -0.25) is 19.7 Å². The normalized spacial score (nSPS) is 11.4. The Morgan fingerprint density at radius 1 is 1.10 bits per heavy atom. The number of imide groups is 1. The van der Waals surface area contributed by atoms with Crippen LogP contribution in [0.1, 0.15) is 40.0 Å². The van der Waals surface area contributed by atoms with Gasteiger partial charge in [-0.1, -0.05) is 0 Å². The van der Waals surface area contributed by atoms with Crippen molar-refractivity contribution in [3.05, 3.63) is 0 Å². The molecule has 120 valence electrons. The van der Waals surface area contributed by atoms with E-state index in [9.17, 15) is 19.2 Å². The first-order chi connectivity index (χ1) is 9.81. The van der Waals surface area contributed by atoms with E-state index in [0.717, 1.165) is 0 Å². The topological polar surface area (TPSA) is 116 Å². The zero-order chi connectivity index (χ0) is 16.4. The van der Waals surface area contributed by atoms with E-state index in [1.165, 1.54) is 6.92 Å². The third kappa shape index (κ3) is 7.91. The number of urea groups is 1. The maximum Gasteiger partial charge on any atom is 0.322 e. The third-order valence-corrected chi connectivity index (χ3v) is 2.84. The summed E-state index contributed by atoms with van der Waals surface area (Å²) < 4.78 is 0. The maximum absolute atomic E-state index is 11.9. The van der Waals surface area contributed by atoms with E-state index in [1.54, 1.807) is 4.90 Å². The highest BCUT2D eigenvalue weighted by Crippen LogP contribution is 1.96. The summed E-state index contributed by atoms with van der Waals surface area (Å²) in [4.78, 5) is 46.7. The molecule has 0 saturated heterocycles. The predicted molar refractivity (Wildman–Crippen MR) is 75.6 cm³/mol. The van der Waals surface area contributed by atoms with Gasteiger partial charge < -0.3 is 15.3 Å². The van der Waals surface area contributed by atoms with Gasteiger partial charge in [0.05, 0.1) is 0 Å². The van der Waals surface area contributed by atoms with E-state index in [4.69, 9.17) is 5.11 Å². The van der Waals surface area contributed by atoms with Crippen LogP contribution in [0.3, 0.4) is 0 Å². The molecule has 0 aliphatic carbocycles. The molecule has 0 aliphatic heterocycles. The Bertz CT molecular complexity index is 393. The van der Waals surface area contributed by atoms with Crippen molar-refractivity contribution in [2.24, 2.45) is 0 Å². The van der Waals surface area contributed by atoms with Gasteiger partial charge in [-0.15, -0.1) is 0 Å². The quantitative estimate of drug-likeness (QED) is 0.597. The monoisotopic (exact) mass is 301 g/mol. The van der Waals surface area contributed by atoms with Crippen LogP contribution in [0.4, 0.5) is 4.79 Å². The fourth-order valence-electron chi connectivity index (χ4n) is 1.69. The first kappa shape index (κ1) is 18.9. The summed E-state index contributed by atoms with van der Waals surface area (Å²) in [7, 11) is 0. The highest BCUT2D eigenvalue weighted by Gasteiger charge is 2.20. The molecule has 1 unspecified atom stereocenters. The number of amides is 4. The van der Waals surface area contributed by atoms with Crippen LogP contribution < -0.4 is 10.6 Å². The summed E-state index contributed by atoms with van der Waals surface area (Å²) in [6, 6.07) is -1.50. The Morgan fingerprint density at radius 2 is 1.67 bits per heavy atom. The Labute approximate surface area is 123 Å². The van der Waals surface area contributed by atoms with Crippen LogP contribution in [0, 0.1) is 0 Å². The second-order valence-electron chi connectivity index (χ2n) is 4.50. The number of carboxylic acid groups (broad SMARTS) is 1. The minimum atomic E-state index is -0.995. The van der Waals surface area contributed by atoms with Gasteiger partial charge in [0.2, 0.25) is 11.8 Å². The molecule has 0 radical (unpaired) electrons. The van der Waals surface area contributed by atoms with E-state index in [0.29, 0.717) is 13.1 Å². The lowest BCUT2D eigenvalue weighted by molar-refractivity contribution is -0.137. The Kier molecular flexibility index (Phi) is 8.75.